The third kappa shape index (κ3) is 3.57. The molecule has 2 amide bonds. The van der Waals surface area contributed by atoms with Crippen LogP contribution in [0.1, 0.15) is 37.7 Å². The third-order valence-corrected chi connectivity index (χ3v) is 7.80. The number of nitrogens with one attached hydrogen (secondary N) is 1. The smallest absolute Gasteiger partial charge is 0.250 e. The van der Waals surface area contributed by atoms with Crippen molar-refractivity contribution in [3.05, 3.63) is 35.9 Å². The Morgan fingerprint density at radius 2 is 1.86 bits per heavy atom. The number of rotatable bonds is 5. The summed E-state index contributed by atoms with van der Waals surface area (Å²) in [6.07, 6.45) is 4.44. The molecule has 0 radical (unpaired) electrons. The van der Waals surface area contributed by atoms with E-state index in [-0.39, 0.29) is 23.3 Å². The first-order chi connectivity index (χ1) is 14.0. The molecule has 6 heteroatoms. The average Bonchev–Trinajstić information content (AvgIpc) is 2.71. The van der Waals surface area contributed by atoms with E-state index in [4.69, 9.17) is 10.5 Å². The maximum Gasteiger partial charge on any atom is 0.250 e. The molecule has 3 unspecified atom stereocenters. The van der Waals surface area contributed by atoms with Gasteiger partial charge in [0, 0.05) is 31.1 Å². The zero-order chi connectivity index (χ0) is 20.0. The summed E-state index contributed by atoms with van der Waals surface area (Å²) >= 11 is 0. The fourth-order valence-electron chi connectivity index (χ4n) is 6.67. The summed E-state index contributed by atoms with van der Waals surface area (Å²) in [6.45, 7) is 2.88. The first-order valence-corrected chi connectivity index (χ1v) is 11.0. The van der Waals surface area contributed by atoms with Crippen LogP contribution in [0.4, 0.5) is 0 Å². The van der Waals surface area contributed by atoms with Gasteiger partial charge >= 0.3 is 0 Å². The predicted octanol–water partition coefficient (Wildman–Crippen LogP) is 1.68. The summed E-state index contributed by atoms with van der Waals surface area (Å²) in [4.78, 5) is 27.5. The maximum atomic E-state index is 13.0. The van der Waals surface area contributed by atoms with E-state index >= 15 is 0 Å². The number of hydrogen-bond donors (Lipinski definition) is 2. The number of carbonyl (C=O) groups excluding carboxylic acids is 2. The van der Waals surface area contributed by atoms with Crippen LogP contribution in [-0.4, -0.2) is 48.6 Å². The van der Waals surface area contributed by atoms with Crippen molar-refractivity contribution in [1.29, 1.82) is 0 Å². The van der Waals surface area contributed by atoms with Gasteiger partial charge in [-0.05, 0) is 55.4 Å². The lowest BCUT2D eigenvalue weighted by Gasteiger charge is -2.59. The summed E-state index contributed by atoms with van der Waals surface area (Å²) in [5, 5.41) is 3.33. The molecule has 4 bridgehead atoms. The van der Waals surface area contributed by atoms with Gasteiger partial charge in [-0.3, -0.25) is 14.5 Å². The summed E-state index contributed by atoms with van der Waals surface area (Å²) in [7, 11) is 0. The molecule has 6 nitrogen and oxygen atoms in total. The van der Waals surface area contributed by atoms with Crippen LogP contribution < -0.4 is 11.1 Å². The summed E-state index contributed by atoms with van der Waals surface area (Å²) in [5.74, 6) is 1.23. The van der Waals surface area contributed by atoms with Crippen LogP contribution in [-0.2, 0) is 20.9 Å². The van der Waals surface area contributed by atoms with E-state index in [1.54, 1.807) is 0 Å². The van der Waals surface area contributed by atoms with Crippen molar-refractivity contribution in [2.24, 2.45) is 28.9 Å². The number of carbonyl (C=O) groups is 2. The topological polar surface area (TPSA) is 84.7 Å². The standard InChI is InChI=1S/C23H31N3O3/c24-22(28)23-10-16-8-17(11-23)20(18(9-16)12-23)25-21(27)19-14-26(6-7-29-19)13-15-4-2-1-3-5-15/h1-5,16-20H,6-14H2,(H2,24,28)(H,25,27). The largest absolute Gasteiger partial charge is 0.369 e. The SMILES string of the molecule is NC(=O)C12CC3CC(C1)C(NC(=O)C1CN(Cc4ccccc4)CCO1)C(C3)C2. The van der Waals surface area contributed by atoms with Crippen molar-refractivity contribution in [3.8, 4) is 0 Å². The van der Waals surface area contributed by atoms with Gasteiger partial charge in [-0.15, -0.1) is 0 Å². The highest BCUT2D eigenvalue weighted by Gasteiger charge is 2.58. The van der Waals surface area contributed by atoms with Crippen LogP contribution >= 0.6 is 0 Å². The molecule has 3 N–H and O–H groups in total. The van der Waals surface area contributed by atoms with E-state index in [1.165, 1.54) is 5.56 Å². The molecule has 156 valence electrons. The van der Waals surface area contributed by atoms with Crippen LogP contribution in [0.3, 0.4) is 0 Å². The van der Waals surface area contributed by atoms with Crippen LogP contribution in [0.15, 0.2) is 30.3 Å². The average molecular weight is 398 g/mol. The zero-order valence-electron chi connectivity index (χ0n) is 16.9. The zero-order valence-corrected chi connectivity index (χ0v) is 16.9. The Morgan fingerprint density at radius 3 is 2.55 bits per heavy atom. The van der Waals surface area contributed by atoms with Crippen molar-refractivity contribution in [2.45, 2.75) is 50.8 Å². The van der Waals surface area contributed by atoms with E-state index in [9.17, 15) is 9.59 Å². The molecule has 5 aliphatic rings. The second-order valence-electron chi connectivity index (χ2n) is 9.73. The van der Waals surface area contributed by atoms with Crippen molar-refractivity contribution in [3.63, 3.8) is 0 Å². The van der Waals surface area contributed by atoms with E-state index < -0.39 is 6.10 Å². The number of nitrogens with two attached hydrogens (primary N) is 1. The minimum Gasteiger partial charge on any atom is -0.369 e. The monoisotopic (exact) mass is 397 g/mol. The van der Waals surface area contributed by atoms with E-state index in [0.29, 0.717) is 30.9 Å². The molecule has 29 heavy (non-hydrogen) atoms. The lowest BCUT2D eigenvalue weighted by molar-refractivity contribution is -0.151. The van der Waals surface area contributed by atoms with Gasteiger partial charge in [0.15, 0.2) is 0 Å². The summed E-state index contributed by atoms with van der Waals surface area (Å²) in [5.41, 5.74) is 6.72. The van der Waals surface area contributed by atoms with Crippen molar-refractivity contribution < 1.29 is 14.3 Å². The highest BCUT2D eigenvalue weighted by Crippen LogP contribution is 2.59. The maximum absolute atomic E-state index is 13.0. The molecule has 1 aromatic rings. The van der Waals surface area contributed by atoms with E-state index in [2.05, 4.69) is 22.3 Å². The Bertz CT molecular complexity index is 767. The van der Waals surface area contributed by atoms with E-state index in [0.717, 1.165) is 45.2 Å². The van der Waals surface area contributed by atoms with Crippen LogP contribution in [0.2, 0.25) is 0 Å². The molecule has 4 aliphatic carbocycles. The van der Waals surface area contributed by atoms with Crippen molar-refractivity contribution in [2.75, 3.05) is 19.7 Å². The molecular weight excluding hydrogens is 366 g/mol. The molecule has 4 saturated carbocycles. The van der Waals surface area contributed by atoms with Crippen LogP contribution in [0, 0.1) is 23.2 Å². The fraction of sp³-hybridized carbons (Fsp3) is 0.652. The number of primary amides is 1. The minimum atomic E-state index is -0.422. The van der Waals surface area contributed by atoms with Gasteiger partial charge in [0.05, 0.1) is 6.61 Å². The van der Waals surface area contributed by atoms with Gasteiger partial charge in [0.25, 0.3) is 5.91 Å². The Labute approximate surface area is 172 Å². The van der Waals surface area contributed by atoms with Crippen LogP contribution in [0.5, 0.6) is 0 Å². The predicted molar refractivity (Wildman–Crippen MR) is 109 cm³/mol. The molecule has 1 aliphatic heterocycles. The third-order valence-electron chi connectivity index (χ3n) is 7.80. The van der Waals surface area contributed by atoms with Gasteiger partial charge in [0.2, 0.25) is 5.91 Å². The highest BCUT2D eigenvalue weighted by atomic mass is 16.5. The number of benzene rings is 1. The first-order valence-electron chi connectivity index (χ1n) is 11.0. The molecule has 6 rings (SSSR count). The lowest BCUT2D eigenvalue weighted by atomic mass is 9.47. The molecule has 3 atom stereocenters. The molecule has 1 saturated heterocycles. The number of amides is 2. The quantitative estimate of drug-likeness (QED) is 0.792. The molecule has 1 aromatic carbocycles. The first kappa shape index (κ1) is 19.1. The fourth-order valence-corrected chi connectivity index (χ4v) is 6.67. The summed E-state index contributed by atoms with van der Waals surface area (Å²) < 4.78 is 5.83. The molecule has 1 heterocycles. The van der Waals surface area contributed by atoms with Gasteiger partial charge in [0.1, 0.15) is 6.10 Å². The second kappa shape index (κ2) is 7.40. The molecular formula is C23H31N3O3. The van der Waals surface area contributed by atoms with E-state index in [1.807, 2.05) is 18.2 Å². The van der Waals surface area contributed by atoms with Gasteiger partial charge in [-0.25, -0.2) is 0 Å². The van der Waals surface area contributed by atoms with Crippen LogP contribution in [0.25, 0.3) is 0 Å². The van der Waals surface area contributed by atoms with Crippen molar-refractivity contribution >= 4 is 11.8 Å². The Hall–Kier alpha value is -1.92. The Balaban J connectivity index is 1.21. The highest BCUT2D eigenvalue weighted by molar-refractivity contribution is 5.83. The molecule has 5 fully saturated rings. The number of hydrogen-bond acceptors (Lipinski definition) is 4. The second-order valence-corrected chi connectivity index (χ2v) is 9.73. The summed E-state index contributed by atoms with van der Waals surface area (Å²) in [6, 6.07) is 10.5. The van der Waals surface area contributed by atoms with Gasteiger partial charge < -0.3 is 15.8 Å². The minimum absolute atomic E-state index is 0.00774. The number of ether oxygens (including phenoxy) is 1. The van der Waals surface area contributed by atoms with Gasteiger partial charge in [-0.1, -0.05) is 30.3 Å². The Morgan fingerprint density at radius 1 is 1.14 bits per heavy atom. The lowest BCUT2D eigenvalue weighted by Crippen LogP contribution is -2.63. The Kier molecular flexibility index (Phi) is 4.87. The normalized spacial score (nSPS) is 38.7. The molecule has 0 spiro atoms. The number of morpholine rings is 1. The number of nitrogens with zero attached hydrogens (tertiary/aromatic N) is 1. The molecule has 0 aromatic heterocycles. The van der Waals surface area contributed by atoms with Gasteiger partial charge in [-0.2, -0.15) is 0 Å². The van der Waals surface area contributed by atoms with Crippen molar-refractivity contribution in [1.82, 2.24) is 10.2 Å².